The second kappa shape index (κ2) is 6.11. The zero-order valence-corrected chi connectivity index (χ0v) is 14.6. The summed E-state index contributed by atoms with van der Waals surface area (Å²) in [6.07, 6.45) is 1.47. The molecule has 0 unspecified atom stereocenters. The smallest absolute Gasteiger partial charge is 0.328 e. The number of hydrogen-bond acceptors (Lipinski definition) is 3. The minimum atomic E-state index is -0.966. The van der Waals surface area contributed by atoms with Crippen LogP contribution >= 0.6 is 0 Å². The highest BCUT2D eigenvalue weighted by Gasteiger charge is 2.30. The largest absolute Gasteiger partial charge is 0.507 e. The monoisotopic (exact) mass is 305 g/mol. The average Bonchev–Trinajstić information content (AvgIpc) is 2.29. The van der Waals surface area contributed by atoms with Gasteiger partial charge in [-0.1, -0.05) is 47.6 Å². The van der Waals surface area contributed by atoms with Gasteiger partial charge in [0.05, 0.1) is 0 Å². The maximum absolute atomic E-state index is 11.4. The second-order valence-corrected chi connectivity index (χ2v) is 7.89. The van der Waals surface area contributed by atoms with Crippen LogP contribution in [-0.2, 0) is 10.2 Å². The van der Waals surface area contributed by atoms with Gasteiger partial charge in [0.2, 0.25) is 0 Å². The molecule has 1 aromatic carbocycles. The molecule has 0 aliphatic rings. The molecule has 0 saturated heterocycles. The Labute approximate surface area is 132 Å². The van der Waals surface area contributed by atoms with Gasteiger partial charge in [-0.15, -0.1) is 0 Å². The Hall–Kier alpha value is -1.84. The first-order chi connectivity index (χ1) is 9.84. The summed E-state index contributed by atoms with van der Waals surface area (Å²) in [6.45, 7) is 13.5. The zero-order chi connectivity index (χ0) is 17.3. The van der Waals surface area contributed by atoms with Gasteiger partial charge in [0.1, 0.15) is 5.75 Å². The predicted octanol–water partition coefficient (Wildman–Crippen LogP) is 3.92. The number of aliphatic imine (C=N–C) groups is 1. The van der Waals surface area contributed by atoms with Crippen molar-refractivity contribution in [2.45, 2.75) is 59.9 Å². The molecule has 0 bridgehead atoms. The lowest BCUT2D eigenvalue weighted by atomic mass is 9.84. The molecule has 0 fully saturated rings. The number of phenolic OH excluding ortho intramolecular Hbond substituents is 1. The molecule has 1 atom stereocenters. The number of carbonyl (C=O) groups is 1. The zero-order valence-electron chi connectivity index (χ0n) is 14.6. The topological polar surface area (TPSA) is 69.9 Å². The van der Waals surface area contributed by atoms with E-state index in [2.05, 4.69) is 4.99 Å². The van der Waals surface area contributed by atoms with E-state index in [9.17, 15) is 15.0 Å². The van der Waals surface area contributed by atoms with Crippen LogP contribution in [0, 0.1) is 12.3 Å². The van der Waals surface area contributed by atoms with E-state index in [0.717, 1.165) is 11.1 Å². The quantitative estimate of drug-likeness (QED) is 0.832. The molecule has 1 rings (SSSR count). The van der Waals surface area contributed by atoms with Crippen molar-refractivity contribution in [3.8, 4) is 5.75 Å². The van der Waals surface area contributed by atoms with Gasteiger partial charge in [-0.05, 0) is 29.4 Å². The number of nitrogens with zero attached hydrogens (tertiary/aromatic N) is 1. The Morgan fingerprint density at radius 1 is 1.18 bits per heavy atom. The summed E-state index contributed by atoms with van der Waals surface area (Å²) in [4.78, 5) is 15.6. The van der Waals surface area contributed by atoms with E-state index in [-0.39, 0.29) is 11.2 Å². The van der Waals surface area contributed by atoms with Crippen LogP contribution < -0.4 is 0 Å². The molecule has 0 amide bonds. The molecule has 122 valence electrons. The molecule has 4 heteroatoms. The molecule has 0 heterocycles. The summed E-state index contributed by atoms with van der Waals surface area (Å²) in [5.41, 5.74) is 1.70. The highest BCUT2D eigenvalue weighted by Crippen LogP contribution is 2.34. The summed E-state index contributed by atoms with van der Waals surface area (Å²) in [6, 6.07) is 2.91. The van der Waals surface area contributed by atoms with E-state index in [1.807, 2.05) is 60.6 Å². The molecule has 2 N–H and O–H groups in total. The minimum Gasteiger partial charge on any atom is -0.507 e. The lowest BCUT2D eigenvalue weighted by Gasteiger charge is -2.24. The van der Waals surface area contributed by atoms with E-state index in [0.29, 0.717) is 5.56 Å². The predicted molar refractivity (Wildman–Crippen MR) is 90.0 cm³/mol. The summed E-state index contributed by atoms with van der Waals surface area (Å²) in [5, 5.41) is 19.8. The number of phenols is 1. The lowest BCUT2D eigenvalue weighted by Crippen LogP contribution is -2.32. The third-order valence-electron chi connectivity index (χ3n) is 3.51. The van der Waals surface area contributed by atoms with Gasteiger partial charge < -0.3 is 10.2 Å². The molecule has 1 aromatic rings. The molecule has 0 aromatic heterocycles. The Morgan fingerprint density at radius 2 is 1.73 bits per heavy atom. The van der Waals surface area contributed by atoms with Crippen LogP contribution in [-0.4, -0.2) is 28.4 Å². The van der Waals surface area contributed by atoms with E-state index in [1.54, 1.807) is 0 Å². The maximum atomic E-state index is 11.4. The third-order valence-corrected chi connectivity index (χ3v) is 3.51. The Balaban J connectivity index is 3.31. The molecule has 22 heavy (non-hydrogen) atoms. The number of carboxylic acid groups (broad SMARTS) is 1. The van der Waals surface area contributed by atoms with Gasteiger partial charge >= 0.3 is 5.97 Å². The fourth-order valence-electron chi connectivity index (χ4n) is 2.29. The number of aryl methyl sites for hydroxylation is 1. The van der Waals surface area contributed by atoms with Crippen molar-refractivity contribution in [1.82, 2.24) is 0 Å². The molecule has 0 spiro atoms. The molecule has 0 saturated carbocycles. The number of hydrogen-bond donors (Lipinski definition) is 2. The van der Waals surface area contributed by atoms with Crippen LogP contribution in [0.3, 0.4) is 0 Å². The number of aliphatic carboxylic acids is 1. The van der Waals surface area contributed by atoms with Gasteiger partial charge in [-0.25, -0.2) is 4.79 Å². The standard InChI is InChI=1S/C18H27NO3/c1-11-8-12(14(20)13(9-11)17(2,3)4)10-19-15(16(21)22)18(5,6)7/h8-10,15,20H,1-7H3,(H,21,22)/t15-/m1/s1. The van der Waals surface area contributed by atoms with Crippen molar-refractivity contribution in [1.29, 1.82) is 0 Å². The van der Waals surface area contributed by atoms with Crippen molar-refractivity contribution >= 4 is 12.2 Å². The van der Waals surface area contributed by atoms with Crippen molar-refractivity contribution in [2.24, 2.45) is 10.4 Å². The van der Waals surface area contributed by atoms with Gasteiger partial charge in [-0.2, -0.15) is 0 Å². The molecule has 0 radical (unpaired) electrons. The van der Waals surface area contributed by atoms with Crippen LogP contribution in [0.2, 0.25) is 0 Å². The number of benzene rings is 1. The van der Waals surface area contributed by atoms with E-state index < -0.39 is 17.4 Å². The Morgan fingerprint density at radius 3 is 2.14 bits per heavy atom. The van der Waals surface area contributed by atoms with Crippen LogP contribution in [0.4, 0.5) is 0 Å². The SMILES string of the molecule is Cc1cc(C=N[C@H](C(=O)O)C(C)(C)C)c(O)c(C(C)(C)C)c1. The number of rotatable bonds is 3. The third kappa shape index (κ3) is 4.33. The van der Waals surface area contributed by atoms with Crippen LogP contribution in [0.1, 0.15) is 58.2 Å². The summed E-state index contributed by atoms with van der Waals surface area (Å²) in [5.74, 6) is -0.799. The molecule has 0 aliphatic carbocycles. The first-order valence-corrected chi connectivity index (χ1v) is 7.44. The van der Waals surface area contributed by atoms with Crippen molar-refractivity contribution in [2.75, 3.05) is 0 Å². The highest BCUT2D eigenvalue weighted by molar-refractivity contribution is 5.87. The molecular weight excluding hydrogens is 278 g/mol. The highest BCUT2D eigenvalue weighted by atomic mass is 16.4. The number of carboxylic acids is 1. The van der Waals surface area contributed by atoms with Gasteiger partial charge in [0, 0.05) is 17.3 Å². The lowest BCUT2D eigenvalue weighted by molar-refractivity contribution is -0.140. The molecule has 4 nitrogen and oxygen atoms in total. The maximum Gasteiger partial charge on any atom is 0.328 e. The van der Waals surface area contributed by atoms with Crippen molar-refractivity contribution in [3.63, 3.8) is 0 Å². The first-order valence-electron chi connectivity index (χ1n) is 7.44. The van der Waals surface area contributed by atoms with Crippen LogP contribution in [0.25, 0.3) is 0 Å². The first kappa shape index (κ1) is 18.2. The van der Waals surface area contributed by atoms with E-state index in [1.165, 1.54) is 6.21 Å². The molecule has 0 aliphatic heterocycles. The van der Waals surface area contributed by atoms with Crippen LogP contribution in [0.15, 0.2) is 17.1 Å². The number of aromatic hydroxyl groups is 1. The van der Waals surface area contributed by atoms with Gasteiger partial charge in [0.15, 0.2) is 6.04 Å². The van der Waals surface area contributed by atoms with Crippen LogP contribution in [0.5, 0.6) is 5.75 Å². The van der Waals surface area contributed by atoms with Crippen molar-refractivity contribution in [3.05, 3.63) is 28.8 Å². The van der Waals surface area contributed by atoms with Gasteiger partial charge in [-0.3, -0.25) is 4.99 Å². The van der Waals surface area contributed by atoms with Gasteiger partial charge in [0.25, 0.3) is 0 Å². The Bertz CT molecular complexity index is 590. The second-order valence-electron chi connectivity index (χ2n) is 7.89. The summed E-state index contributed by atoms with van der Waals surface area (Å²) < 4.78 is 0. The summed E-state index contributed by atoms with van der Waals surface area (Å²) >= 11 is 0. The van der Waals surface area contributed by atoms with Crippen molar-refractivity contribution < 1.29 is 15.0 Å². The fraction of sp³-hybridized carbons (Fsp3) is 0.556. The van der Waals surface area contributed by atoms with E-state index in [4.69, 9.17) is 0 Å². The average molecular weight is 305 g/mol. The fourth-order valence-corrected chi connectivity index (χ4v) is 2.29. The molecular formula is C18H27NO3. The minimum absolute atomic E-state index is 0.167. The summed E-state index contributed by atoms with van der Waals surface area (Å²) in [7, 11) is 0. The Kier molecular flexibility index (Phi) is 5.06. The van der Waals surface area contributed by atoms with E-state index >= 15 is 0 Å². The normalized spacial score (nSPS) is 14.3.